The zero-order valence-corrected chi connectivity index (χ0v) is 16.1. The van der Waals surface area contributed by atoms with Crippen LogP contribution in [0.4, 0.5) is 5.69 Å². The van der Waals surface area contributed by atoms with E-state index in [1.165, 1.54) is 0 Å². The van der Waals surface area contributed by atoms with E-state index in [-0.39, 0.29) is 5.91 Å². The topological polar surface area (TPSA) is 60.7 Å². The summed E-state index contributed by atoms with van der Waals surface area (Å²) in [5, 5.41) is 5.31. The minimum absolute atomic E-state index is 0.311. The van der Waals surface area contributed by atoms with Crippen molar-refractivity contribution in [1.29, 1.82) is 0 Å². The van der Waals surface area contributed by atoms with Crippen molar-refractivity contribution in [2.24, 2.45) is 0 Å². The SMILES string of the molecule is COc1cc2c(cc1NC(=O)[C@H](C)Oc1cccc(Cl)c1)oc1ccccc12. The molecule has 0 aliphatic heterocycles. The Morgan fingerprint density at radius 2 is 1.86 bits per heavy atom. The number of para-hydroxylation sites is 1. The lowest BCUT2D eigenvalue weighted by Crippen LogP contribution is -2.30. The molecule has 4 aromatic rings. The summed E-state index contributed by atoms with van der Waals surface area (Å²) >= 11 is 5.96. The summed E-state index contributed by atoms with van der Waals surface area (Å²) in [6.45, 7) is 1.67. The lowest BCUT2D eigenvalue weighted by molar-refractivity contribution is -0.122. The van der Waals surface area contributed by atoms with Crippen LogP contribution in [0.5, 0.6) is 11.5 Å². The number of halogens is 1. The van der Waals surface area contributed by atoms with E-state index < -0.39 is 6.10 Å². The molecule has 4 rings (SSSR count). The fourth-order valence-electron chi connectivity index (χ4n) is 3.05. The molecule has 0 saturated heterocycles. The molecule has 5 nitrogen and oxygen atoms in total. The van der Waals surface area contributed by atoms with Crippen LogP contribution in [-0.2, 0) is 4.79 Å². The average molecular weight is 396 g/mol. The second-order valence-electron chi connectivity index (χ2n) is 6.35. The maximum atomic E-state index is 12.6. The Kier molecular flexibility index (Phi) is 4.84. The molecule has 1 N–H and O–H groups in total. The maximum Gasteiger partial charge on any atom is 0.265 e. The van der Waals surface area contributed by atoms with Crippen LogP contribution < -0.4 is 14.8 Å². The van der Waals surface area contributed by atoms with Crippen LogP contribution in [0.2, 0.25) is 5.02 Å². The number of fused-ring (bicyclic) bond motifs is 3. The van der Waals surface area contributed by atoms with Crippen molar-refractivity contribution < 1.29 is 18.7 Å². The number of amides is 1. The van der Waals surface area contributed by atoms with Gasteiger partial charge in [-0.05, 0) is 37.3 Å². The molecule has 1 atom stereocenters. The Morgan fingerprint density at radius 3 is 2.64 bits per heavy atom. The summed E-state index contributed by atoms with van der Waals surface area (Å²) in [6, 6.07) is 18.3. The van der Waals surface area contributed by atoms with Gasteiger partial charge in [-0.25, -0.2) is 0 Å². The number of benzene rings is 3. The van der Waals surface area contributed by atoms with Gasteiger partial charge >= 0.3 is 0 Å². The molecular weight excluding hydrogens is 378 g/mol. The number of ether oxygens (including phenoxy) is 2. The van der Waals surface area contributed by atoms with Gasteiger partial charge in [0.2, 0.25) is 0 Å². The number of hydrogen-bond donors (Lipinski definition) is 1. The van der Waals surface area contributed by atoms with Crippen molar-refractivity contribution in [2.45, 2.75) is 13.0 Å². The summed E-state index contributed by atoms with van der Waals surface area (Å²) in [4.78, 5) is 12.6. The first kappa shape index (κ1) is 18.2. The van der Waals surface area contributed by atoms with Crippen LogP contribution in [0.1, 0.15) is 6.92 Å². The molecule has 1 amide bonds. The average Bonchev–Trinajstić information content (AvgIpc) is 3.04. The summed E-state index contributed by atoms with van der Waals surface area (Å²) in [6.07, 6.45) is -0.727. The van der Waals surface area contributed by atoms with Crippen molar-refractivity contribution in [3.8, 4) is 11.5 Å². The van der Waals surface area contributed by atoms with E-state index in [0.717, 1.165) is 16.4 Å². The smallest absolute Gasteiger partial charge is 0.265 e. The molecule has 0 spiro atoms. The van der Waals surface area contributed by atoms with Gasteiger partial charge in [0.25, 0.3) is 5.91 Å². The van der Waals surface area contributed by atoms with Crippen LogP contribution >= 0.6 is 11.6 Å². The molecular formula is C22H18ClNO4. The molecule has 0 bridgehead atoms. The molecule has 142 valence electrons. The van der Waals surface area contributed by atoms with Crippen molar-refractivity contribution >= 4 is 45.1 Å². The van der Waals surface area contributed by atoms with E-state index in [1.807, 2.05) is 30.3 Å². The van der Waals surface area contributed by atoms with Gasteiger partial charge in [-0.3, -0.25) is 4.79 Å². The molecule has 1 aromatic heterocycles. The quantitative estimate of drug-likeness (QED) is 0.474. The van der Waals surface area contributed by atoms with Crippen LogP contribution in [0, 0.1) is 0 Å². The number of furan rings is 1. The molecule has 0 aliphatic carbocycles. The molecule has 0 unspecified atom stereocenters. The van der Waals surface area contributed by atoms with E-state index in [0.29, 0.717) is 27.8 Å². The molecule has 6 heteroatoms. The van der Waals surface area contributed by atoms with Crippen LogP contribution in [0.15, 0.2) is 65.1 Å². The Labute approximate surface area is 166 Å². The van der Waals surface area contributed by atoms with E-state index in [4.69, 9.17) is 25.5 Å². The Hall–Kier alpha value is -3.18. The Balaban J connectivity index is 1.61. The first-order chi connectivity index (χ1) is 13.5. The Morgan fingerprint density at radius 1 is 1.04 bits per heavy atom. The van der Waals surface area contributed by atoms with Crippen molar-refractivity contribution in [2.75, 3.05) is 12.4 Å². The number of carbonyl (C=O) groups excluding carboxylic acids is 1. The highest BCUT2D eigenvalue weighted by molar-refractivity contribution is 6.30. The van der Waals surface area contributed by atoms with Crippen molar-refractivity contribution in [3.63, 3.8) is 0 Å². The minimum atomic E-state index is -0.727. The maximum absolute atomic E-state index is 12.6. The predicted octanol–water partition coefficient (Wildman–Crippen LogP) is 5.65. The van der Waals surface area contributed by atoms with Gasteiger partial charge in [0.15, 0.2) is 6.10 Å². The van der Waals surface area contributed by atoms with Crippen LogP contribution in [-0.4, -0.2) is 19.1 Å². The van der Waals surface area contributed by atoms with Gasteiger partial charge in [-0.15, -0.1) is 0 Å². The van der Waals surface area contributed by atoms with Gasteiger partial charge in [-0.1, -0.05) is 35.9 Å². The standard InChI is InChI=1S/C22H18ClNO4/c1-13(27-15-7-5-6-14(23)10-15)22(25)24-18-12-20-17(11-21(18)26-2)16-8-3-4-9-19(16)28-20/h3-13H,1-2H3,(H,24,25)/t13-/m0/s1. The third-order valence-corrected chi connectivity index (χ3v) is 4.67. The van der Waals surface area contributed by atoms with E-state index in [9.17, 15) is 4.79 Å². The van der Waals surface area contributed by atoms with Gasteiger partial charge in [-0.2, -0.15) is 0 Å². The van der Waals surface area contributed by atoms with Crippen molar-refractivity contribution in [3.05, 3.63) is 65.7 Å². The fourth-order valence-corrected chi connectivity index (χ4v) is 3.23. The monoisotopic (exact) mass is 395 g/mol. The van der Waals surface area contributed by atoms with Crippen molar-refractivity contribution in [1.82, 2.24) is 0 Å². The molecule has 0 fully saturated rings. The minimum Gasteiger partial charge on any atom is -0.495 e. The summed E-state index contributed by atoms with van der Waals surface area (Å²) in [5.74, 6) is 0.756. The molecule has 3 aromatic carbocycles. The number of nitrogens with one attached hydrogen (secondary N) is 1. The number of rotatable bonds is 5. The normalized spacial score (nSPS) is 12.1. The molecule has 1 heterocycles. The van der Waals surface area contributed by atoms with Gasteiger partial charge in [0, 0.05) is 21.9 Å². The largest absolute Gasteiger partial charge is 0.495 e. The predicted molar refractivity (Wildman–Crippen MR) is 110 cm³/mol. The zero-order chi connectivity index (χ0) is 19.7. The highest BCUT2D eigenvalue weighted by Crippen LogP contribution is 2.36. The zero-order valence-electron chi connectivity index (χ0n) is 15.4. The first-order valence-corrected chi connectivity index (χ1v) is 9.15. The summed E-state index contributed by atoms with van der Waals surface area (Å²) in [5.41, 5.74) is 1.96. The fraction of sp³-hybridized carbons (Fsp3) is 0.136. The number of anilines is 1. The molecule has 0 aliphatic rings. The third kappa shape index (κ3) is 3.49. The van der Waals surface area contributed by atoms with Gasteiger partial charge in [0.1, 0.15) is 22.7 Å². The van der Waals surface area contributed by atoms with E-state index in [1.54, 1.807) is 44.4 Å². The van der Waals surface area contributed by atoms with Gasteiger partial charge < -0.3 is 19.2 Å². The van der Waals surface area contributed by atoms with E-state index >= 15 is 0 Å². The molecule has 28 heavy (non-hydrogen) atoms. The highest BCUT2D eigenvalue weighted by Gasteiger charge is 2.19. The first-order valence-electron chi connectivity index (χ1n) is 8.77. The number of carbonyl (C=O) groups is 1. The second kappa shape index (κ2) is 7.44. The Bertz CT molecular complexity index is 1170. The lowest BCUT2D eigenvalue weighted by atomic mass is 10.1. The van der Waals surface area contributed by atoms with Crippen LogP contribution in [0.25, 0.3) is 21.9 Å². The molecule has 0 saturated carbocycles. The highest BCUT2D eigenvalue weighted by atomic mass is 35.5. The number of hydrogen-bond acceptors (Lipinski definition) is 4. The third-order valence-electron chi connectivity index (χ3n) is 4.43. The lowest BCUT2D eigenvalue weighted by Gasteiger charge is -2.16. The summed E-state index contributed by atoms with van der Waals surface area (Å²) in [7, 11) is 1.56. The number of methoxy groups -OCH3 is 1. The summed E-state index contributed by atoms with van der Waals surface area (Å²) < 4.78 is 17.0. The van der Waals surface area contributed by atoms with Gasteiger partial charge in [0.05, 0.1) is 12.8 Å². The molecule has 0 radical (unpaired) electrons. The van der Waals surface area contributed by atoms with E-state index in [2.05, 4.69) is 5.32 Å². The van der Waals surface area contributed by atoms with Crippen LogP contribution in [0.3, 0.4) is 0 Å². The second-order valence-corrected chi connectivity index (χ2v) is 6.79.